The van der Waals surface area contributed by atoms with E-state index in [0.29, 0.717) is 5.82 Å². The molecule has 0 radical (unpaired) electrons. The van der Waals surface area contributed by atoms with E-state index in [-0.39, 0.29) is 11.2 Å². The van der Waals surface area contributed by atoms with Crippen molar-refractivity contribution >= 4 is 5.78 Å². The summed E-state index contributed by atoms with van der Waals surface area (Å²) in [5.74, 6) is 0.869. The molecule has 0 bridgehead atoms. The topological polar surface area (TPSA) is 34.9 Å². The quantitative estimate of drug-likeness (QED) is 0.713. The third-order valence-corrected chi connectivity index (χ3v) is 3.51. The Morgan fingerprint density at radius 2 is 2.20 bits per heavy atom. The predicted octanol–water partition coefficient (Wildman–Crippen LogP) is 2.67. The van der Waals surface area contributed by atoms with Gasteiger partial charge in [-0.3, -0.25) is 4.79 Å². The molecule has 1 aliphatic carbocycles. The normalized spacial score (nSPS) is 19.3. The number of nitrogens with zero attached hydrogens (tertiary/aromatic N) is 2. The van der Waals surface area contributed by atoms with Gasteiger partial charge in [-0.25, -0.2) is 4.98 Å². The molecular weight excluding hydrogens is 188 g/mol. The summed E-state index contributed by atoms with van der Waals surface area (Å²) in [7, 11) is 0. The van der Waals surface area contributed by atoms with Crippen LogP contribution in [-0.2, 0) is 6.54 Å². The van der Waals surface area contributed by atoms with Gasteiger partial charge in [0.25, 0.3) is 0 Å². The van der Waals surface area contributed by atoms with Gasteiger partial charge < -0.3 is 4.57 Å². The van der Waals surface area contributed by atoms with E-state index in [9.17, 15) is 4.79 Å². The van der Waals surface area contributed by atoms with E-state index in [1.807, 2.05) is 17.7 Å². The first-order valence-corrected chi connectivity index (χ1v) is 5.73. The molecule has 1 saturated carbocycles. The van der Waals surface area contributed by atoms with Gasteiger partial charge in [0.2, 0.25) is 5.78 Å². The van der Waals surface area contributed by atoms with Crippen molar-refractivity contribution in [2.75, 3.05) is 0 Å². The first kappa shape index (κ1) is 10.4. The summed E-state index contributed by atoms with van der Waals surface area (Å²) >= 11 is 0. The minimum Gasteiger partial charge on any atom is -0.329 e. The molecule has 0 saturated heterocycles. The van der Waals surface area contributed by atoms with Crippen molar-refractivity contribution in [2.24, 2.45) is 5.41 Å². The Balaban J connectivity index is 2.27. The highest BCUT2D eigenvalue weighted by atomic mass is 16.1. The number of hydrogen-bond donors (Lipinski definition) is 0. The van der Waals surface area contributed by atoms with Crippen molar-refractivity contribution in [1.29, 1.82) is 0 Å². The van der Waals surface area contributed by atoms with Crippen molar-refractivity contribution in [1.82, 2.24) is 9.55 Å². The molecule has 82 valence electrons. The van der Waals surface area contributed by atoms with E-state index in [2.05, 4.69) is 11.9 Å². The number of ketones is 1. The fourth-order valence-corrected chi connectivity index (χ4v) is 2.43. The molecule has 0 atom stereocenters. The van der Waals surface area contributed by atoms with Crippen LogP contribution in [0.2, 0.25) is 0 Å². The van der Waals surface area contributed by atoms with E-state index >= 15 is 0 Å². The molecular formula is C12H18N2O. The highest BCUT2D eigenvalue weighted by Crippen LogP contribution is 2.39. The number of aromatic nitrogens is 2. The summed E-state index contributed by atoms with van der Waals surface area (Å²) in [6.45, 7) is 4.93. The van der Waals surface area contributed by atoms with E-state index in [4.69, 9.17) is 0 Å². The third kappa shape index (κ3) is 1.71. The van der Waals surface area contributed by atoms with E-state index in [1.165, 1.54) is 12.8 Å². The summed E-state index contributed by atoms with van der Waals surface area (Å²) < 4.78 is 1.94. The van der Waals surface area contributed by atoms with Crippen LogP contribution in [0.3, 0.4) is 0 Å². The number of aryl methyl sites for hydroxylation is 1. The summed E-state index contributed by atoms with van der Waals surface area (Å²) in [6, 6.07) is 0. The van der Waals surface area contributed by atoms with Crippen LogP contribution in [0.25, 0.3) is 0 Å². The van der Waals surface area contributed by atoms with Gasteiger partial charge in [-0.05, 0) is 19.8 Å². The van der Waals surface area contributed by atoms with Crippen LogP contribution in [0.4, 0.5) is 0 Å². The molecule has 2 rings (SSSR count). The molecule has 0 amide bonds. The Bertz CT molecular complexity index is 361. The van der Waals surface area contributed by atoms with E-state index < -0.39 is 0 Å². The first-order chi connectivity index (χ1) is 7.17. The maximum absolute atomic E-state index is 12.3. The maximum atomic E-state index is 12.3. The third-order valence-electron chi connectivity index (χ3n) is 3.51. The lowest BCUT2D eigenvalue weighted by Gasteiger charge is -2.21. The monoisotopic (exact) mass is 206 g/mol. The number of carbonyl (C=O) groups excluding carboxylic acids is 1. The van der Waals surface area contributed by atoms with Gasteiger partial charge in [-0.1, -0.05) is 19.8 Å². The number of hydrogen-bond acceptors (Lipinski definition) is 2. The van der Waals surface area contributed by atoms with Crippen molar-refractivity contribution < 1.29 is 4.79 Å². The van der Waals surface area contributed by atoms with Gasteiger partial charge in [0.15, 0.2) is 5.82 Å². The van der Waals surface area contributed by atoms with Crippen molar-refractivity contribution in [3.63, 3.8) is 0 Å². The average molecular weight is 206 g/mol. The standard InChI is InChI=1S/C12H18N2O/c1-3-14-9-8-13-11(14)10(15)12(2)6-4-5-7-12/h8-9H,3-7H2,1-2H3. The second-order valence-electron chi connectivity index (χ2n) is 4.63. The first-order valence-electron chi connectivity index (χ1n) is 5.73. The number of imidazole rings is 1. The van der Waals surface area contributed by atoms with Crippen LogP contribution in [0.1, 0.15) is 50.1 Å². The lowest BCUT2D eigenvalue weighted by molar-refractivity contribution is 0.0807. The molecule has 3 nitrogen and oxygen atoms in total. The van der Waals surface area contributed by atoms with Gasteiger partial charge in [0, 0.05) is 24.4 Å². The number of rotatable bonds is 3. The molecule has 0 aromatic carbocycles. The van der Waals surface area contributed by atoms with Gasteiger partial charge in [-0.15, -0.1) is 0 Å². The van der Waals surface area contributed by atoms with Crippen LogP contribution < -0.4 is 0 Å². The summed E-state index contributed by atoms with van der Waals surface area (Å²) in [4.78, 5) is 16.5. The Kier molecular flexibility index (Phi) is 2.63. The fraction of sp³-hybridized carbons (Fsp3) is 0.667. The van der Waals surface area contributed by atoms with Crippen LogP contribution in [-0.4, -0.2) is 15.3 Å². The van der Waals surface area contributed by atoms with E-state index in [1.54, 1.807) is 6.20 Å². The van der Waals surface area contributed by atoms with Crippen molar-refractivity contribution in [2.45, 2.75) is 46.1 Å². The zero-order chi connectivity index (χ0) is 10.9. The predicted molar refractivity (Wildman–Crippen MR) is 58.8 cm³/mol. The van der Waals surface area contributed by atoms with Gasteiger partial charge in [-0.2, -0.15) is 0 Å². The molecule has 0 N–H and O–H groups in total. The second-order valence-corrected chi connectivity index (χ2v) is 4.63. The Hall–Kier alpha value is -1.12. The van der Waals surface area contributed by atoms with Crippen LogP contribution in [0.5, 0.6) is 0 Å². The minimum atomic E-state index is -0.154. The smallest absolute Gasteiger partial charge is 0.204 e. The largest absolute Gasteiger partial charge is 0.329 e. The second kappa shape index (κ2) is 3.80. The highest BCUT2D eigenvalue weighted by Gasteiger charge is 2.38. The van der Waals surface area contributed by atoms with Gasteiger partial charge >= 0.3 is 0 Å². The SMILES string of the molecule is CCn1ccnc1C(=O)C1(C)CCCC1. The minimum absolute atomic E-state index is 0.154. The summed E-state index contributed by atoms with van der Waals surface area (Å²) in [5, 5.41) is 0. The molecule has 15 heavy (non-hydrogen) atoms. The maximum Gasteiger partial charge on any atom is 0.204 e. The number of Topliss-reactive ketones (excluding diaryl/α,β-unsaturated/α-hetero) is 1. The molecule has 0 spiro atoms. The average Bonchev–Trinajstić information content (AvgIpc) is 2.85. The lowest BCUT2D eigenvalue weighted by Crippen LogP contribution is -2.27. The van der Waals surface area contributed by atoms with Crippen LogP contribution >= 0.6 is 0 Å². The molecule has 1 fully saturated rings. The summed E-state index contributed by atoms with van der Waals surface area (Å²) in [5.41, 5.74) is -0.154. The number of carbonyl (C=O) groups is 1. The fourth-order valence-electron chi connectivity index (χ4n) is 2.43. The Morgan fingerprint density at radius 3 is 2.80 bits per heavy atom. The molecule has 3 heteroatoms. The molecule has 1 aliphatic rings. The van der Waals surface area contributed by atoms with Gasteiger partial charge in [0.05, 0.1) is 0 Å². The Morgan fingerprint density at radius 1 is 1.53 bits per heavy atom. The zero-order valence-electron chi connectivity index (χ0n) is 9.49. The highest BCUT2D eigenvalue weighted by molar-refractivity contribution is 5.97. The van der Waals surface area contributed by atoms with Crippen LogP contribution in [0.15, 0.2) is 12.4 Å². The zero-order valence-corrected chi connectivity index (χ0v) is 9.49. The van der Waals surface area contributed by atoms with Crippen molar-refractivity contribution in [3.05, 3.63) is 18.2 Å². The molecule has 1 heterocycles. The molecule has 0 aliphatic heterocycles. The molecule has 0 unspecified atom stereocenters. The summed E-state index contributed by atoms with van der Waals surface area (Å²) in [6.07, 6.45) is 7.98. The van der Waals surface area contributed by atoms with Gasteiger partial charge in [0.1, 0.15) is 0 Å². The van der Waals surface area contributed by atoms with E-state index in [0.717, 1.165) is 19.4 Å². The lowest BCUT2D eigenvalue weighted by atomic mass is 9.83. The Labute approximate surface area is 90.5 Å². The molecule has 1 aromatic heterocycles. The van der Waals surface area contributed by atoms with Crippen LogP contribution in [0, 0.1) is 5.41 Å². The van der Waals surface area contributed by atoms with Crippen molar-refractivity contribution in [3.8, 4) is 0 Å². The molecule has 1 aromatic rings.